The van der Waals surface area contributed by atoms with Crippen LogP contribution in [0.2, 0.25) is 0 Å². The second kappa shape index (κ2) is 13.1. The highest BCUT2D eigenvalue weighted by atomic mass is 32.2. The number of carbonyl (C=O) groups excluding carboxylic acids is 5. The standard InChI is InChI=1S/C24H32O4S.C22H30O3S/c1-14(25)29-19-13-15-12-16(26)4-8-22(15,2)17-5-9-23(3)18(21(17)19)6-10-24(23)11-7-20(27)28-24;1-20-7-3-14(23)11-13(20)12-17(26)19-15(20)4-8-21(2)16(19)5-9-22(21)10-6-18(24)25-22/h12,17-19,21H,4-11,13H2,1-3H3;11,15-17,19,26H,3-10,12H2,1-2H3/t17?,18?,19-,21?,22?,23?,24-;15?,16?,17-,19?,20?,21?,22-/m11/s1. The first-order valence-electron chi connectivity index (χ1n) is 21.7. The highest BCUT2D eigenvalue weighted by Crippen LogP contribution is 2.72. The van der Waals surface area contributed by atoms with E-state index in [1.807, 2.05) is 12.2 Å². The Bertz CT molecular complexity index is 1790. The van der Waals surface area contributed by atoms with Gasteiger partial charge in [-0.15, -0.1) is 0 Å². The van der Waals surface area contributed by atoms with Gasteiger partial charge in [0.15, 0.2) is 16.7 Å². The third-order valence-corrected chi connectivity index (χ3v) is 20.6. The summed E-state index contributed by atoms with van der Waals surface area (Å²) in [5, 5.41) is 0.731. The fraction of sp³-hybridized carbons (Fsp3) is 0.804. The molecule has 0 amide bonds. The van der Waals surface area contributed by atoms with Crippen LogP contribution in [-0.4, -0.2) is 50.3 Å². The second-order valence-corrected chi connectivity index (χ2v) is 22.8. The number of hydrogen-bond donors (Lipinski definition) is 1. The Labute approximate surface area is 337 Å². The lowest BCUT2D eigenvalue weighted by Gasteiger charge is -2.61. The van der Waals surface area contributed by atoms with Gasteiger partial charge in [-0.2, -0.15) is 12.6 Å². The van der Waals surface area contributed by atoms with Gasteiger partial charge in [-0.3, -0.25) is 24.0 Å². The Morgan fingerprint density at radius 3 is 1.55 bits per heavy atom. The molecule has 10 unspecified atom stereocenters. The zero-order chi connectivity index (χ0) is 38.9. The number of carbonyl (C=O) groups is 5. The Balaban J connectivity index is 0.000000145. The lowest BCUT2D eigenvalue weighted by atomic mass is 9.46. The van der Waals surface area contributed by atoms with Crippen LogP contribution in [0, 0.1) is 57.2 Å². The molecule has 0 bridgehead atoms. The predicted molar refractivity (Wildman–Crippen MR) is 215 cm³/mol. The average Bonchev–Trinajstić information content (AvgIpc) is 3.87. The number of esters is 2. The van der Waals surface area contributed by atoms with Gasteiger partial charge in [-0.25, -0.2) is 0 Å². The number of thioether (sulfide) groups is 1. The molecule has 300 valence electrons. The van der Waals surface area contributed by atoms with Crippen molar-refractivity contribution in [3.63, 3.8) is 0 Å². The van der Waals surface area contributed by atoms with E-state index in [4.69, 9.17) is 22.1 Å². The zero-order valence-corrected chi connectivity index (χ0v) is 35.4. The van der Waals surface area contributed by atoms with Crippen LogP contribution in [0.15, 0.2) is 23.3 Å². The van der Waals surface area contributed by atoms with Gasteiger partial charge in [0.1, 0.15) is 11.2 Å². The molecule has 8 fully saturated rings. The fourth-order valence-corrected chi connectivity index (χ4v) is 17.8. The van der Waals surface area contributed by atoms with Crippen molar-refractivity contribution in [3.05, 3.63) is 23.3 Å². The summed E-state index contributed by atoms with van der Waals surface area (Å²) in [7, 11) is 0. The van der Waals surface area contributed by atoms with Crippen LogP contribution < -0.4 is 0 Å². The summed E-state index contributed by atoms with van der Waals surface area (Å²) < 4.78 is 12.1. The van der Waals surface area contributed by atoms with Gasteiger partial charge in [-0.05, 0) is 148 Å². The first kappa shape index (κ1) is 38.6. The summed E-state index contributed by atoms with van der Waals surface area (Å²) >= 11 is 6.57. The molecule has 0 aromatic carbocycles. The number of fused-ring (bicyclic) bond motifs is 12. The molecule has 2 aliphatic heterocycles. The van der Waals surface area contributed by atoms with Gasteiger partial charge in [0.05, 0.1) is 0 Å². The van der Waals surface area contributed by atoms with Gasteiger partial charge in [-0.1, -0.05) is 50.6 Å². The van der Waals surface area contributed by atoms with Gasteiger partial charge in [0.25, 0.3) is 0 Å². The van der Waals surface area contributed by atoms with Crippen molar-refractivity contribution in [1.82, 2.24) is 0 Å². The molecule has 10 rings (SSSR count). The van der Waals surface area contributed by atoms with Crippen molar-refractivity contribution in [2.24, 2.45) is 57.2 Å². The quantitative estimate of drug-likeness (QED) is 0.207. The van der Waals surface area contributed by atoms with Crippen LogP contribution >= 0.6 is 24.4 Å². The van der Waals surface area contributed by atoms with E-state index in [0.717, 1.165) is 83.5 Å². The van der Waals surface area contributed by atoms with Crippen molar-refractivity contribution in [3.8, 4) is 0 Å². The molecule has 0 radical (unpaired) electrons. The minimum Gasteiger partial charge on any atom is -0.458 e. The topological polar surface area (TPSA) is 104 Å². The minimum absolute atomic E-state index is 0.00282. The van der Waals surface area contributed by atoms with Gasteiger partial charge in [0.2, 0.25) is 0 Å². The molecule has 2 spiro atoms. The molecule has 2 heterocycles. The van der Waals surface area contributed by atoms with Crippen molar-refractivity contribution in [2.45, 2.75) is 172 Å². The van der Waals surface area contributed by atoms with E-state index >= 15 is 0 Å². The molecule has 2 saturated heterocycles. The Kier molecular flexibility index (Phi) is 9.18. The van der Waals surface area contributed by atoms with Crippen LogP contribution in [-0.2, 0) is 33.4 Å². The van der Waals surface area contributed by atoms with E-state index in [9.17, 15) is 24.0 Å². The Morgan fingerprint density at radius 1 is 0.618 bits per heavy atom. The molecule has 0 aromatic rings. The molecular formula is C46H62O7S2. The third kappa shape index (κ3) is 5.51. The second-order valence-electron chi connectivity index (χ2n) is 20.7. The van der Waals surface area contributed by atoms with Gasteiger partial charge < -0.3 is 9.47 Å². The number of allylic oxidation sites excluding steroid dienone is 2. The molecule has 14 atom stereocenters. The molecule has 0 aromatic heterocycles. The van der Waals surface area contributed by atoms with Crippen LogP contribution in [0.1, 0.15) is 150 Å². The SMILES string of the molecule is CC(=O)S[C@@H]1CC2=CC(=O)CCC2(C)C2CCC3(C)C(CC[C@@]34CCC(=O)O4)C21.CC12CCC(=O)C=C1C[C@@H](S)C1C2CCC2(C)C1CC[C@@]21CCC(=O)O1. The Hall–Kier alpha value is -1.87. The van der Waals surface area contributed by atoms with E-state index in [0.29, 0.717) is 72.2 Å². The van der Waals surface area contributed by atoms with Gasteiger partial charge in [0, 0.05) is 53.9 Å². The maximum atomic E-state index is 12.2. The highest BCUT2D eigenvalue weighted by Gasteiger charge is 2.70. The molecule has 55 heavy (non-hydrogen) atoms. The lowest BCUT2D eigenvalue weighted by Crippen LogP contribution is -2.57. The average molecular weight is 791 g/mol. The Morgan fingerprint density at radius 2 is 1.07 bits per heavy atom. The van der Waals surface area contributed by atoms with E-state index < -0.39 is 0 Å². The van der Waals surface area contributed by atoms with E-state index in [1.54, 1.807) is 6.92 Å². The van der Waals surface area contributed by atoms with Crippen molar-refractivity contribution in [1.29, 1.82) is 0 Å². The van der Waals surface area contributed by atoms with Gasteiger partial charge >= 0.3 is 11.9 Å². The largest absolute Gasteiger partial charge is 0.458 e. The van der Waals surface area contributed by atoms with E-state index in [1.165, 1.54) is 29.3 Å². The summed E-state index contributed by atoms with van der Waals surface area (Å²) in [4.78, 5) is 60.4. The maximum absolute atomic E-state index is 12.2. The van der Waals surface area contributed by atoms with Crippen LogP contribution in [0.4, 0.5) is 0 Å². The molecule has 6 saturated carbocycles. The number of rotatable bonds is 1. The van der Waals surface area contributed by atoms with Crippen molar-refractivity contribution >= 4 is 53.0 Å². The van der Waals surface area contributed by atoms with E-state index in [2.05, 4.69) is 27.7 Å². The number of ketones is 2. The summed E-state index contributed by atoms with van der Waals surface area (Å²) in [5.74, 6) is 3.75. The maximum Gasteiger partial charge on any atom is 0.306 e. The molecule has 10 aliphatic rings. The minimum atomic E-state index is -0.287. The first-order chi connectivity index (χ1) is 26.0. The number of thiol groups is 1. The fourth-order valence-electron chi connectivity index (χ4n) is 16.0. The number of hydrogen-bond acceptors (Lipinski definition) is 9. The molecule has 0 N–H and O–H groups in total. The first-order valence-corrected chi connectivity index (χ1v) is 23.1. The third-order valence-electron chi connectivity index (χ3n) is 18.9. The number of ether oxygens (including phenoxy) is 2. The summed E-state index contributed by atoms with van der Waals surface area (Å²) in [6, 6.07) is 0. The summed E-state index contributed by atoms with van der Waals surface area (Å²) in [5.41, 5.74) is 2.51. The van der Waals surface area contributed by atoms with Crippen LogP contribution in [0.3, 0.4) is 0 Å². The smallest absolute Gasteiger partial charge is 0.306 e. The van der Waals surface area contributed by atoms with Crippen molar-refractivity contribution < 1.29 is 33.4 Å². The summed E-state index contributed by atoms with van der Waals surface area (Å²) in [6.07, 6.45) is 20.6. The molecule has 9 heteroatoms. The highest BCUT2D eigenvalue weighted by molar-refractivity contribution is 8.14. The van der Waals surface area contributed by atoms with Crippen LogP contribution in [0.25, 0.3) is 0 Å². The van der Waals surface area contributed by atoms with Crippen LogP contribution in [0.5, 0.6) is 0 Å². The lowest BCUT2D eigenvalue weighted by molar-refractivity contribution is -0.168. The molecule has 7 nitrogen and oxygen atoms in total. The molecule has 8 aliphatic carbocycles. The van der Waals surface area contributed by atoms with Crippen molar-refractivity contribution in [2.75, 3.05) is 0 Å². The van der Waals surface area contributed by atoms with E-state index in [-0.39, 0.29) is 60.9 Å². The monoisotopic (exact) mass is 790 g/mol. The zero-order valence-electron chi connectivity index (χ0n) is 33.7. The predicted octanol–water partition coefficient (Wildman–Crippen LogP) is 9.35. The molecular weight excluding hydrogens is 729 g/mol. The normalized spacial score (nSPS) is 50.7. The summed E-state index contributed by atoms with van der Waals surface area (Å²) in [6.45, 7) is 11.2.